The Morgan fingerprint density at radius 2 is 2.06 bits per heavy atom. The monoisotopic (exact) mass is 253 g/mol. The van der Waals surface area contributed by atoms with Crippen molar-refractivity contribution in [2.45, 2.75) is 71.4 Å². The standard InChI is InChI=1S/C15H27NO2/c1-5-15(13(17)18)7-6-8-16(15)12-10-14(3,4)9-11(12)2/h11-12H,5-10H2,1-4H3,(H,17,18). The van der Waals surface area contributed by atoms with Crippen LogP contribution in [0.5, 0.6) is 0 Å². The van der Waals surface area contributed by atoms with Gasteiger partial charge in [0.1, 0.15) is 5.54 Å². The van der Waals surface area contributed by atoms with Gasteiger partial charge >= 0.3 is 5.97 Å². The van der Waals surface area contributed by atoms with Crippen molar-refractivity contribution in [1.82, 2.24) is 4.90 Å². The third-order valence-electron chi connectivity index (χ3n) is 5.22. The van der Waals surface area contributed by atoms with Crippen molar-refractivity contribution in [2.75, 3.05) is 6.54 Å². The van der Waals surface area contributed by atoms with Crippen LogP contribution in [0.25, 0.3) is 0 Å². The summed E-state index contributed by atoms with van der Waals surface area (Å²) in [5, 5.41) is 9.67. The molecule has 2 rings (SSSR count). The zero-order valence-corrected chi connectivity index (χ0v) is 12.2. The molecule has 3 unspecified atom stereocenters. The molecule has 1 aliphatic carbocycles. The highest BCUT2D eigenvalue weighted by Crippen LogP contribution is 2.47. The van der Waals surface area contributed by atoms with E-state index in [1.165, 1.54) is 6.42 Å². The van der Waals surface area contributed by atoms with Crippen molar-refractivity contribution < 1.29 is 9.90 Å². The molecule has 104 valence electrons. The van der Waals surface area contributed by atoms with Crippen molar-refractivity contribution in [3.63, 3.8) is 0 Å². The van der Waals surface area contributed by atoms with Crippen molar-refractivity contribution in [2.24, 2.45) is 11.3 Å². The second-order valence-electron chi connectivity index (χ2n) is 7.10. The number of carboxylic acid groups (broad SMARTS) is 1. The lowest BCUT2D eigenvalue weighted by Crippen LogP contribution is -2.55. The van der Waals surface area contributed by atoms with Gasteiger partial charge in [0.05, 0.1) is 0 Å². The molecule has 1 N–H and O–H groups in total. The first-order valence-electron chi connectivity index (χ1n) is 7.32. The van der Waals surface area contributed by atoms with Gasteiger partial charge < -0.3 is 5.11 Å². The highest BCUT2D eigenvalue weighted by molar-refractivity contribution is 5.79. The zero-order valence-electron chi connectivity index (χ0n) is 12.2. The van der Waals surface area contributed by atoms with Gasteiger partial charge in [0.2, 0.25) is 0 Å². The van der Waals surface area contributed by atoms with Gasteiger partial charge in [-0.15, -0.1) is 0 Å². The summed E-state index contributed by atoms with van der Waals surface area (Å²) in [7, 11) is 0. The highest BCUT2D eigenvalue weighted by Gasteiger charge is 2.52. The highest BCUT2D eigenvalue weighted by atomic mass is 16.4. The topological polar surface area (TPSA) is 40.5 Å². The predicted molar refractivity (Wildman–Crippen MR) is 72.6 cm³/mol. The first-order chi connectivity index (χ1) is 8.32. The lowest BCUT2D eigenvalue weighted by atomic mass is 9.89. The lowest BCUT2D eigenvalue weighted by molar-refractivity contribution is -0.152. The molecular weight excluding hydrogens is 226 g/mol. The minimum absolute atomic E-state index is 0.366. The third kappa shape index (κ3) is 2.07. The molecule has 1 saturated carbocycles. The summed E-state index contributed by atoms with van der Waals surface area (Å²) < 4.78 is 0. The van der Waals surface area contributed by atoms with Gasteiger partial charge in [-0.05, 0) is 50.0 Å². The largest absolute Gasteiger partial charge is 0.480 e. The molecule has 3 heteroatoms. The second kappa shape index (κ2) is 4.52. The Bertz CT molecular complexity index is 339. The smallest absolute Gasteiger partial charge is 0.324 e. The van der Waals surface area contributed by atoms with E-state index >= 15 is 0 Å². The van der Waals surface area contributed by atoms with Crippen LogP contribution in [0, 0.1) is 11.3 Å². The molecule has 1 aliphatic heterocycles. The molecule has 0 bridgehead atoms. The van der Waals surface area contributed by atoms with E-state index in [9.17, 15) is 9.90 Å². The molecule has 0 aromatic rings. The summed E-state index contributed by atoms with van der Waals surface area (Å²) in [4.78, 5) is 14.1. The van der Waals surface area contributed by atoms with Gasteiger partial charge in [-0.25, -0.2) is 0 Å². The molecule has 0 aromatic carbocycles. The normalized spacial score (nSPS) is 40.2. The average molecular weight is 253 g/mol. The van der Waals surface area contributed by atoms with Crippen LogP contribution in [0.3, 0.4) is 0 Å². The van der Waals surface area contributed by atoms with Crippen LogP contribution in [0.1, 0.15) is 59.8 Å². The van der Waals surface area contributed by atoms with Crippen LogP contribution in [-0.2, 0) is 4.79 Å². The Morgan fingerprint density at radius 3 is 2.50 bits per heavy atom. The van der Waals surface area contributed by atoms with E-state index in [2.05, 4.69) is 25.7 Å². The molecule has 0 radical (unpaired) electrons. The van der Waals surface area contributed by atoms with Crippen LogP contribution in [0.15, 0.2) is 0 Å². The molecule has 0 spiro atoms. The molecule has 18 heavy (non-hydrogen) atoms. The minimum atomic E-state index is -0.612. The molecule has 2 aliphatic rings. The quantitative estimate of drug-likeness (QED) is 0.840. The minimum Gasteiger partial charge on any atom is -0.480 e. The summed E-state index contributed by atoms with van der Waals surface area (Å²) in [6.45, 7) is 9.91. The first kappa shape index (κ1) is 13.9. The number of hydrogen-bond donors (Lipinski definition) is 1. The fourth-order valence-electron chi connectivity index (χ4n) is 4.42. The molecule has 0 aromatic heterocycles. The molecule has 3 atom stereocenters. The van der Waals surface area contributed by atoms with Gasteiger partial charge in [-0.3, -0.25) is 9.69 Å². The van der Waals surface area contributed by atoms with E-state index < -0.39 is 11.5 Å². The Hall–Kier alpha value is -0.570. The van der Waals surface area contributed by atoms with Gasteiger partial charge in [0, 0.05) is 6.04 Å². The third-order valence-corrected chi connectivity index (χ3v) is 5.22. The van der Waals surface area contributed by atoms with Crippen LogP contribution >= 0.6 is 0 Å². The Kier molecular flexibility index (Phi) is 3.48. The SMILES string of the molecule is CCC1(C(=O)O)CCCN1C1CC(C)(C)CC1C. The van der Waals surface area contributed by atoms with Crippen molar-refractivity contribution in [3.05, 3.63) is 0 Å². The fraction of sp³-hybridized carbons (Fsp3) is 0.933. The van der Waals surface area contributed by atoms with Gasteiger partial charge in [-0.1, -0.05) is 27.7 Å². The van der Waals surface area contributed by atoms with E-state index in [4.69, 9.17) is 0 Å². The van der Waals surface area contributed by atoms with E-state index in [1.807, 2.05) is 6.92 Å². The average Bonchev–Trinajstić information content (AvgIpc) is 2.79. The van der Waals surface area contributed by atoms with Crippen molar-refractivity contribution >= 4 is 5.97 Å². The molecule has 3 nitrogen and oxygen atoms in total. The maximum atomic E-state index is 11.7. The second-order valence-corrected chi connectivity index (χ2v) is 7.10. The number of likely N-dealkylation sites (tertiary alicyclic amines) is 1. The summed E-state index contributed by atoms with van der Waals surface area (Å²) in [5.74, 6) is 0.00258. The predicted octanol–water partition coefficient (Wildman–Crippen LogP) is 3.14. The Balaban J connectivity index is 2.25. The van der Waals surface area contributed by atoms with Crippen molar-refractivity contribution in [1.29, 1.82) is 0 Å². The number of hydrogen-bond acceptors (Lipinski definition) is 2. The fourth-order valence-corrected chi connectivity index (χ4v) is 4.42. The van der Waals surface area contributed by atoms with Gasteiger partial charge in [-0.2, -0.15) is 0 Å². The molecule has 2 fully saturated rings. The van der Waals surface area contributed by atoms with Crippen LogP contribution < -0.4 is 0 Å². The Labute approximate surface area is 111 Å². The number of carboxylic acids is 1. The number of carbonyl (C=O) groups is 1. The summed E-state index contributed by atoms with van der Waals surface area (Å²) >= 11 is 0. The number of aliphatic carboxylic acids is 1. The van der Waals surface area contributed by atoms with Crippen LogP contribution in [-0.4, -0.2) is 34.1 Å². The molecule has 0 amide bonds. The lowest BCUT2D eigenvalue weighted by Gasteiger charge is -2.40. The maximum Gasteiger partial charge on any atom is 0.324 e. The summed E-state index contributed by atoms with van der Waals surface area (Å²) in [6, 6.07) is 0.457. The van der Waals surface area contributed by atoms with Crippen LogP contribution in [0.2, 0.25) is 0 Å². The van der Waals surface area contributed by atoms with E-state index in [-0.39, 0.29) is 0 Å². The number of nitrogens with zero attached hydrogens (tertiary/aromatic N) is 1. The first-order valence-corrected chi connectivity index (χ1v) is 7.32. The van der Waals surface area contributed by atoms with E-state index in [1.54, 1.807) is 0 Å². The van der Waals surface area contributed by atoms with E-state index in [0.717, 1.165) is 32.2 Å². The molecular formula is C15H27NO2. The maximum absolute atomic E-state index is 11.7. The Morgan fingerprint density at radius 1 is 1.39 bits per heavy atom. The van der Waals surface area contributed by atoms with Gasteiger partial charge in [0.15, 0.2) is 0 Å². The zero-order chi connectivity index (χ0) is 13.6. The summed E-state index contributed by atoms with van der Waals surface area (Å²) in [5.41, 5.74) is -0.218. The number of rotatable bonds is 3. The van der Waals surface area contributed by atoms with Crippen LogP contribution in [0.4, 0.5) is 0 Å². The van der Waals surface area contributed by atoms with E-state index in [0.29, 0.717) is 17.4 Å². The van der Waals surface area contributed by atoms with Gasteiger partial charge in [0.25, 0.3) is 0 Å². The van der Waals surface area contributed by atoms with Crippen molar-refractivity contribution in [3.8, 4) is 0 Å². The summed E-state index contributed by atoms with van der Waals surface area (Å²) in [6.07, 6.45) is 4.94. The molecule has 1 heterocycles. The molecule has 1 saturated heterocycles.